The van der Waals surface area contributed by atoms with Gasteiger partial charge in [-0.05, 0) is 60.7 Å². The molecule has 0 aliphatic rings. The monoisotopic (exact) mass is 243 g/mol. The molecule has 0 aromatic heterocycles. The summed E-state index contributed by atoms with van der Waals surface area (Å²) in [6.45, 7) is 4.51. The molecule has 3 heteroatoms. The number of hydrogen-bond acceptors (Lipinski definition) is 3. The van der Waals surface area contributed by atoms with Crippen molar-refractivity contribution in [2.24, 2.45) is 0 Å². The highest BCUT2D eigenvalue weighted by Crippen LogP contribution is 2.10. The molecular formula is C14H33N3. The molecule has 0 heterocycles. The minimum Gasteiger partial charge on any atom is -0.317 e. The number of nitrogens with one attached hydrogen (secondary N) is 3. The molecule has 0 amide bonds. The van der Waals surface area contributed by atoms with Crippen LogP contribution in [0.15, 0.2) is 0 Å². The van der Waals surface area contributed by atoms with Gasteiger partial charge in [0.25, 0.3) is 0 Å². The summed E-state index contributed by atoms with van der Waals surface area (Å²) in [7, 11) is 6.17. The summed E-state index contributed by atoms with van der Waals surface area (Å²) in [6, 6.07) is 2.00. The van der Waals surface area contributed by atoms with Gasteiger partial charge in [0.15, 0.2) is 0 Å². The molecule has 0 radical (unpaired) electrons. The predicted octanol–water partition coefficient (Wildman–Crippen LogP) is 2.13. The fourth-order valence-corrected chi connectivity index (χ4v) is 2.06. The first-order valence-corrected chi connectivity index (χ1v) is 7.15. The van der Waals surface area contributed by atoms with Crippen molar-refractivity contribution >= 4 is 0 Å². The van der Waals surface area contributed by atoms with Gasteiger partial charge in [0.05, 0.1) is 0 Å². The van der Waals surface area contributed by atoms with E-state index in [1.165, 1.54) is 38.5 Å². The first kappa shape index (κ1) is 16.9. The van der Waals surface area contributed by atoms with Crippen molar-refractivity contribution in [2.45, 2.75) is 70.5 Å². The highest BCUT2D eigenvalue weighted by Gasteiger charge is 2.08. The number of rotatable bonds is 11. The summed E-state index contributed by atoms with van der Waals surface area (Å²) in [5.74, 6) is 0. The smallest absolute Gasteiger partial charge is 0.00640 e. The van der Waals surface area contributed by atoms with Crippen molar-refractivity contribution in [2.75, 3.05) is 21.1 Å². The summed E-state index contributed by atoms with van der Waals surface area (Å²) in [6.07, 6.45) is 7.79. The van der Waals surface area contributed by atoms with Crippen LogP contribution < -0.4 is 16.0 Å². The zero-order chi connectivity index (χ0) is 13.1. The van der Waals surface area contributed by atoms with E-state index in [1.54, 1.807) is 0 Å². The van der Waals surface area contributed by atoms with Crippen molar-refractivity contribution < 1.29 is 0 Å². The lowest BCUT2D eigenvalue weighted by molar-refractivity contribution is 0.416. The Hall–Kier alpha value is -0.120. The standard InChI is InChI=1S/C14H33N3/c1-12(15-3)8-6-10-14(17-5)11-7-9-13(2)16-4/h12-17H,6-11H2,1-5H3. The fraction of sp³-hybridized carbons (Fsp3) is 1.00. The van der Waals surface area contributed by atoms with E-state index in [0.29, 0.717) is 18.1 Å². The highest BCUT2D eigenvalue weighted by atomic mass is 14.9. The van der Waals surface area contributed by atoms with E-state index >= 15 is 0 Å². The Morgan fingerprint density at radius 1 is 0.647 bits per heavy atom. The molecule has 0 saturated carbocycles. The Balaban J connectivity index is 3.55. The fourth-order valence-electron chi connectivity index (χ4n) is 2.06. The minimum absolute atomic E-state index is 0.650. The van der Waals surface area contributed by atoms with Crippen LogP contribution in [0.25, 0.3) is 0 Å². The van der Waals surface area contributed by atoms with Crippen molar-refractivity contribution in [3.63, 3.8) is 0 Å². The van der Waals surface area contributed by atoms with Gasteiger partial charge >= 0.3 is 0 Å². The molecule has 0 aromatic carbocycles. The van der Waals surface area contributed by atoms with Crippen molar-refractivity contribution in [1.82, 2.24) is 16.0 Å². The van der Waals surface area contributed by atoms with Gasteiger partial charge in [0.1, 0.15) is 0 Å². The Morgan fingerprint density at radius 3 is 1.35 bits per heavy atom. The lowest BCUT2D eigenvalue weighted by atomic mass is 10.0. The van der Waals surface area contributed by atoms with Gasteiger partial charge in [-0.1, -0.05) is 12.8 Å². The van der Waals surface area contributed by atoms with Gasteiger partial charge in [0.2, 0.25) is 0 Å². The maximum absolute atomic E-state index is 3.44. The maximum atomic E-state index is 3.44. The molecule has 0 fully saturated rings. The maximum Gasteiger partial charge on any atom is 0.00640 e. The topological polar surface area (TPSA) is 36.1 Å². The molecule has 0 spiro atoms. The van der Waals surface area contributed by atoms with E-state index in [1.807, 2.05) is 14.1 Å². The van der Waals surface area contributed by atoms with Crippen LogP contribution in [0, 0.1) is 0 Å². The molecule has 104 valence electrons. The van der Waals surface area contributed by atoms with Crippen LogP contribution in [0.1, 0.15) is 52.4 Å². The van der Waals surface area contributed by atoms with Crippen LogP contribution in [0.5, 0.6) is 0 Å². The molecule has 0 aliphatic heterocycles. The summed E-state index contributed by atoms with van der Waals surface area (Å²) in [5.41, 5.74) is 0. The lowest BCUT2D eigenvalue weighted by Crippen LogP contribution is -2.27. The average Bonchev–Trinajstić information content (AvgIpc) is 2.36. The van der Waals surface area contributed by atoms with E-state index < -0.39 is 0 Å². The van der Waals surface area contributed by atoms with Gasteiger partial charge < -0.3 is 16.0 Å². The third-order valence-electron chi connectivity index (χ3n) is 3.77. The quantitative estimate of drug-likeness (QED) is 0.520. The van der Waals surface area contributed by atoms with E-state index in [0.717, 1.165) is 0 Å². The van der Waals surface area contributed by atoms with Crippen LogP contribution in [-0.2, 0) is 0 Å². The van der Waals surface area contributed by atoms with Crippen LogP contribution in [0.4, 0.5) is 0 Å². The van der Waals surface area contributed by atoms with Crippen molar-refractivity contribution in [1.29, 1.82) is 0 Å². The van der Waals surface area contributed by atoms with Gasteiger partial charge in [-0.2, -0.15) is 0 Å². The molecule has 0 aromatic rings. The normalized spacial score (nSPS) is 16.8. The third kappa shape index (κ3) is 9.57. The van der Waals surface area contributed by atoms with Gasteiger partial charge in [-0.15, -0.1) is 0 Å². The Kier molecular flexibility index (Phi) is 10.9. The largest absolute Gasteiger partial charge is 0.317 e. The first-order chi connectivity index (χ1) is 8.13. The first-order valence-electron chi connectivity index (χ1n) is 7.15. The molecule has 3 N–H and O–H groups in total. The average molecular weight is 243 g/mol. The summed E-state index contributed by atoms with van der Waals surface area (Å²) < 4.78 is 0. The second-order valence-corrected chi connectivity index (χ2v) is 5.23. The van der Waals surface area contributed by atoms with Crippen molar-refractivity contribution in [3.8, 4) is 0 Å². The lowest BCUT2D eigenvalue weighted by Gasteiger charge is -2.18. The SMILES string of the molecule is CNC(C)CCCC(CCCC(C)NC)NC. The van der Waals surface area contributed by atoms with Crippen LogP contribution in [-0.4, -0.2) is 39.3 Å². The Labute approximate surface area is 108 Å². The van der Waals surface area contributed by atoms with Crippen LogP contribution in [0.3, 0.4) is 0 Å². The van der Waals surface area contributed by atoms with Gasteiger partial charge in [0, 0.05) is 18.1 Å². The zero-order valence-electron chi connectivity index (χ0n) is 12.5. The van der Waals surface area contributed by atoms with E-state index in [-0.39, 0.29) is 0 Å². The van der Waals surface area contributed by atoms with Gasteiger partial charge in [-0.25, -0.2) is 0 Å². The molecule has 2 unspecified atom stereocenters. The number of hydrogen-bond donors (Lipinski definition) is 3. The molecule has 0 aliphatic carbocycles. The van der Waals surface area contributed by atoms with Gasteiger partial charge in [-0.3, -0.25) is 0 Å². The molecule has 2 atom stereocenters. The van der Waals surface area contributed by atoms with Crippen molar-refractivity contribution in [3.05, 3.63) is 0 Å². The van der Waals surface area contributed by atoms with Crippen LogP contribution >= 0.6 is 0 Å². The molecule has 0 bridgehead atoms. The van der Waals surface area contributed by atoms with Crippen LogP contribution in [0.2, 0.25) is 0 Å². The van der Waals surface area contributed by atoms with E-state index in [2.05, 4.69) is 36.8 Å². The summed E-state index contributed by atoms with van der Waals surface area (Å²) in [4.78, 5) is 0. The van der Waals surface area contributed by atoms with E-state index in [9.17, 15) is 0 Å². The molecule has 0 saturated heterocycles. The Bertz CT molecular complexity index is 146. The Morgan fingerprint density at radius 2 is 1.06 bits per heavy atom. The molecule has 0 rings (SSSR count). The third-order valence-corrected chi connectivity index (χ3v) is 3.77. The van der Waals surface area contributed by atoms with E-state index in [4.69, 9.17) is 0 Å². The molecule has 17 heavy (non-hydrogen) atoms. The molecular weight excluding hydrogens is 210 g/mol. The molecule has 3 nitrogen and oxygen atoms in total. The predicted molar refractivity (Wildman–Crippen MR) is 77.6 cm³/mol. The highest BCUT2D eigenvalue weighted by molar-refractivity contribution is 4.68. The zero-order valence-corrected chi connectivity index (χ0v) is 12.5. The minimum atomic E-state index is 0.650. The summed E-state index contributed by atoms with van der Waals surface area (Å²) >= 11 is 0. The summed E-state index contributed by atoms with van der Waals surface area (Å²) in [5, 5.41) is 10.0. The second-order valence-electron chi connectivity index (χ2n) is 5.23. The second kappa shape index (κ2) is 11.0.